The van der Waals surface area contributed by atoms with Crippen LogP contribution in [0.25, 0.3) is 0 Å². The Balaban J connectivity index is 1.51. The Labute approximate surface area is 154 Å². The molecule has 0 saturated carbocycles. The second-order valence-corrected chi connectivity index (χ2v) is 6.56. The van der Waals surface area contributed by atoms with E-state index in [-0.39, 0.29) is 24.3 Å². The molecule has 1 fully saturated rings. The molecule has 1 aliphatic heterocycles. The molecule has 0 radical (unpaired) electrons. The number of rotatable bonds is 4. The molecule has 0 atom stereocenters. The van der Waals surface area contributed by atoms with E-state index < -0.39 is 11.7 Å². The van der Waals surface area contributed by atoms with Crippen LogP contribution in [0, 0.1) is 13.8 Å². The van der Waals surface area contributed by atoms with Crippen LogP contribution in [0.5, 0.6) is 5.88 Å². The van der Waals surface area contributed by atoms with Crippen molar-refractivity contribution >= 4 is 5.91 Å². The van der Waals surface area contributed by atoms with Crippen molar-refractivity contribution < 1.29 is 27.2 Å². The minimum atomic E-state index is -4.42. The standard InChI is InChI=1S/C18H20F3N3O3/c1-11-15(12(2)27-23-11)9-17(25)24-7-5-14(6-8-24)26-16-4-3-13(10-22-16)18(19,20)21/h3-4,10,14H,5-9H2,1-2H3. The lowest BCUT2D eigenvalue weighted by Gasteiger charge is -2.32. The number of aryl methyl sites for hydroxylation is 2. The maximum absolute atomic E-state index is 12.6. The second kappa shape index (κ2) is 7.58. The summed E-state index contributed by atoms with van der Waals surface area (Å²) >= 11 is 0. The van der Waals surface area contributed by atoms with Crippen LogP contribution < -0.4 is 4.74 Å². The molecule has 6 nitrogen and oxygen atoms in total. The molecule has 146 valence electrons. The number of carbonyl (C=O) groups excluding carboxylic acids is 1. The molecule has 1 amide bonds. The number of aromatic nitrogens is 2. The number of likely N-dealkylation sites (tertiary alicyclic amines) is 1. The average molecular weight is 383 g/mol. The fraction of sp³-hybridized carbons (Fsp3) is 0.500. The minimum absolute atomic E-state index is 0.00416. The number of alkyl halides is 3. The molecule has 2 aromatic rings. The van der Waals surface area contributed by atoms with Crippen molar-refractivity contribution in [3.8, 4) is 5.88 Å². The van der Waals surface area contributed by atoms with Gasteiger partial charge in [-0.25, -0.2) is 4.98 Å². The van der Waals surface area contributed by atoms with Gasteiger partial charge in [-0.1, -0.05) is 5.16 Å². The Bertz CT molecular complexity index is 775. The summed E-state index contributed by atoms with van der Waals surface area (Å²) in [7, 11) is 0. The molecule has 0 aromatic carbocycles. The van der Waals surface area contributed by atoms with Crippen LogP contribution in [-0.4, -0.2) is 40.1 Å². The van der Waals surface area contributed by atoms with Gasteiger partial charge in [0.2, 0.25) is 11.8 Å². The number of nitrogens with zero attached hydrogens (tertiary/aromatic N) is 3. The first-order valence-corrected chi connectivity index (χ1v) is 8.63. The summed E-state index contributed by atoms with van der Waals surface area (Å²) in [5.74, 6) is 0.798. The third-order valence-electron chi connectivity index (χ3n) is 4.65. The molecule has 0 N–H and O–H groups in total. The first-order valence-electron chi connectivity index (χ1n) is 8.63. The Morgan fingerprint density at radius 3 is 2.52 bits per heavy atom. The van der Waals surface area contributed by atoms with E-state index in [0.717, 1.165) is 17.8 Å². The van der Waals surface area contributed by atoms with Gasteiger partial charge in [-0.3, -0.25) is 4.79 Å². The first kappa shape index (κ1) is 19.2. The van der Waals surface area contributed by atoms with Gasteiger partial charge in [-0.05, 0) is 19.9 Å². The molecular weight excluding hydrogens is 363 g/mol. The van der Waals surface area contributed by atoms with Crippen molar-refractivity contribution in [2.75, 3.05) is 13.1 Å². The van der Waals surface area contributed by atoms with Gasteiger partial charge in [-0.2, -0.15) is 13.2 Å². The Morgan fingerprint density at radius 1 is 1.30 bits per heavy atom. The number of hydrogen-bond donors (Lipinski definition) is 0. The zero-order chi connectivity index (χ0) is 19.6. The molecule has 1 saturated heterocycles. The van der Waals surface area contributed by atoms with E-state index in [9.17, 15) is 18.0 Å². The normalized spacial score (nSPS) is 15.8. The number of carbonyl (C=O) groups is 1. The topological polar surface area (TPSA) is 68.5 Å². The van der Waals surface area contributed by atoms with E-state index in [1.54, 1.807) is 18.7 Å². The van der Waals surface area contributed by atoms with Crippen LogP contribution >= 0.6 is 0 Å². The van der Waals surface area contributed by atoms with Crippen LogP contribution in [0.4, 0.5) is 13.2 Å². The van der Waals surface area contributed by atoms with E-state index in [4.69, 9.17) is 9.26 Å². The van der Waals surface area contributed by atoms with Gasteiger partial charge in [0.15, 0.2) is 0 Å². The molecule has 27 heavy (non-hydrogen) atoms. The van der Waals surface area contributed by atoms with Crippen molar-refractivity contribution in [1.29, 1.82) is 0 Å². The smallest absolute Gasteiger partial charge is 0.417 e. The zero-order valence-electron chi connectivity index (χ0n) is 15.0. The van der Waals surface area contributed by atoms with Crippen molar-refractivity contribution in [3.05, 3.63) is 40.9 Å². The number of pyridine rings is 1. The number of piperidine rings is 1. The average Bonchev–Trinajstić information content (AvgIpc) is 2.94. The largest absolute Gasteiger partial charge is 0.474 e. The highest BCUT2D eigenvalue weighted by atomic mass is 19.4. The molecule has 0 unspecified atom stereocenters. The summed E-state index contributed by atoms with van der Waals surface area (Å²) < 4.78 is 48.4. The summed E-state index contributed by atoms with van der Waals surface area (Å²) in [5, 5.41) is 3.85. The number of hydrogen-bond acceptors (Lipinski definition) is 5. The zero-order valence-corrected chi connectivity index (χ0v) is 15.0. The molecule has 3 heterocycles. The highest BCUT2D eigenvalue weighted by molar-refractivity contribution is 5.79. The minimum Gasteiger partial charge on any atom is -0.474 e. The molecule has 1 aliphatic rings. The monoisotopic (exact) mass is 383 g/mol. The van der Waals surface area contributed by atoms with E-state index in [0.29, 0.717) is 37.4 Å². The maximum Gasteiger partial charge on any atom is 0.417 e. The molecular formula is C18H20F3N3O3. The highest BCUT2D eigenvalue weighted by Crippen LogP contribution is 2.29. The van der Waals surface area contributed by atoms with E-state index >= 15 is 0 Å². The lowest BCUT2D eigenvalue weighted by Crippen LogP contribution is -2.42. The first-order chi connectivity index (χ1) is 12.7. The summed E-state index contributed by atoms with van der Waals surface area (Å²) in [4.78, 5) is 17.9. The summed E-state index contributed by atoms with van der Waals surface area (Å²) in [5.41, 5.74) is 0.717. The molecule has 0 aliphatic carbocycles. The van der Waals surface area contributed by atoms with Crippen LogP contribution in [0.3, 0.4) is 0 Å². The van der Waals surface area contributed by atoms with Crippen molar-refractivity contribution in [1.82, 2.24) is 15.0 Å². The molecule has 0 spiro atoms. The van der Waals surface area contributed by atoms with Crippen LogP contribution in [0.2, 0.25) is 0 Å². The number of ether oxygens (including phenoxy) is 1. The summed E-state index contributed by atoms with van der Waals surface area (Å²) in [6.07, 6.45) is -2.41. The Hall–Kier alpha value is -2.58. The predicted molar refractivity (Wildman–Crippen MR) is 89.2 cm³/mol. The van der Waals surface area contributed by atoms with Crippen molar-refractivity contribution in [2.45, 2.75) is 45.4 Å². The SMILES string of the molecule is Cc1noc(C)c1CC(=O)N1CCC(Oc2ccc(C(F)(F)F)cn2)CC1. The molecule has 2 aromatic heterocycles. The van der Waals surface area contributed by atoms with Crippen LogP contribution in [0.15, 0.2) is 22.9 Å². The van der Waals surface area contributed by atoms with Crippen molar-refractivity contribution in [3.63, 3.8) is 0 Å². The fourth-order valence-electron chi connectivity index (χ4n) is 3.03. The summed E-state index contributed by atoms with van der Waals surface area (Å²) in [6.45, 7) is 4.62. The number of halogens is 3. The fourth-order valence-corrected chi connectivity index (χ4v) is 3.03. The van der Waals surface area contributed by atoms with E-state index in [1.165, 1.54) is 6.07 Å². The van der Waals surface area contributed by atoms with Crippen molar-refractivity contribution in [2.24, 2.45) is 0 Å². The quantitative estimate of drug-likeness (QED) is 0.810. The van der Waals surface area contributed by atoms with E-state index in [1.807, 2.05) is 0 Å². The van der Waals surface area contributed by atoms with Gasteiger partial charge in [0.05, 0.1) is 17.7 Å². The lowest BCUT2D eigenvalue weighted by molar-refractivity contribution is -0.137. The molecule has 0 bridgehead atoms. The second-order valence-electron chi connectivity index (χ2n) is 6.56. The number of amides is 1. The molecule has 9 heteroatoms. The van der Waals surface area contributed by atoms with Gasteiger partial charge < -0.3 is 14.2 Å². The van der Waals surface area contributed by atoms with Crippen LogP contribution in [0.1, 0.15) is 35.4 Å². The van der Waals surface area contributed by atoms with Gasteiger partial charge in [0.1, 0.15) is 11.9 Å². The van der Waals surface area contributed by atoms with Gasteiger partial charge >= 0.3 is 6.18 Å². The third kappa shape index (κ3) is 4.58. The Kier molecular flexibility index (Phi) is 5.38. The van der Waals surface area contributed by atoms with Crippen LogP contribution in [-0.2, 0) is 17.4 Å². The lowest BCUT2D eigenvalue weighted by atomic mass is 10.1. The van der Waals surface area contributed by atoms with Gasteiger partial charge in [0.25, 0.3) is 0 Å². The predicted octanol–water partition coefficient (Wildman–Crippen LogP) is 3.32. The maximum atomic E-state index is 12.6. The Morgan fingerprint density at radius 2 is 2.00 bits per heavy atom. The highest BCUT2D eigenvalue weighted by Gasteiger charge is 2.31. The van der Waals surface area contributed by atoms with Gasteiger partial charge in [0, 0.05) is 43.8 Å². The van der Waals surface area contributed by atoms with E-state index in [2.05, 4.69) is 10.1 Å². The van der Waals surface area contributed by atoms with Gasteiger partial charge in [-0.15, -0.1) is 0 Å². The molecule has 3 rings (SSSR count). The third-order valence-corrected chi connectivity index (χ3v) is 4.65. The summed E-state index contributed by atoms with van der Waals surface area (Å²) in [6, 6.07) is 2.17.